The summed E-state index contributed by atoms with van der Waals surface area (Å²) in [7, 11) is 0. The van der Waals surface area contributed by atoms with Crippen molar-refractivity contribution in [3.8, 4) is 0 Å². The van der Waals surface area contributed by atoms with Crippen molar-refractivity contribution in [3.63, 3.8) is 0 Å². The number of hydrogen-bond donors (Lipinski definition) is 0. The number of hydrogen-bond acceptors (Lipinski definition) is 0. The molecule has 0 nitrogen and oxygen atoms in total. The van der Waals surface area contributed by atoms with Gasteiger partial charge in [0, 0.05) is 4.47 Å². The largest absolute Gasteiger partial charge is 0.0648 e. The Morgan fingerprint density at radius 2 is 2.08 bits per heavy atom. The highest BCUT2D eigenvalue weighted by Crippen LogP contribution is 2.29. The highest BCUT2D eigenvalue weighted by Gasteiger charge is 2.09. The van der Waals surface area contributed by atoms with E-state index in [4.69, 9.17) is 0 Å². The number of rotatable bonds is 2. The maximum absolute atomic E-state index is 3.59. The fourth-order valence-corrected chi connectivity index (χ4v) is 2.33. The Morgan fingerprint density at radius 3 is 2.58 bits per heavy atom. The van der Waals surface area contributed by atoms with E-state index in [9.17, 15) is 0 Å². The molecular weight excluding hydrogens is 212 g/mol. The van der Waals surface area contributed by atoms with Crippen molar-refractivity contribution in [2.24, 2.45) is 0 Å². The van der Waals surface area contributed by atoms with Crippen molar-refractivity contribution >= 4 is 15.9 Å². The minimum absolute atomic E-state index is 0.653. The van der Waals surface area contributed by atoms with E-state index >= 15 is 0 Å². The summed E-state index contributed by atoms with van der Waals surface area (Å²) in [4.78, 5) is 0. The van der Waals surface area contributed by atoms with Gasteiger partial charge in [-0.25, -0.2) is 0 Å². The number of benzene rings is 1. The van der Waals surface area contributed by atoms with Crippen LogP contribution in [0, 0.1) is 6.92 Å². The lowest BCUT2D eigenvalue weighted by atomic mass is 9.95. The first kappa shape index (κ1) is 9.79. The van der Waals surface area contributed by atoms with Gasteiger partial charge in [0.15, 0.2) is 0 Å². The van der Waals surface area contributed by atoms with E-state index in [1.807, 2.05) is 0 Å². The van der Waals surface area contributed by atoms with Crippen LogP contribution >= 0.6 is 15.9 Å². The molecule has 0 aliphatic heterocycles. The molecule has 0 radical (unpaired) electrons. The molecule has 0 spiro atoms. The maximum Gasteiger partial charge on any atom is 0.0212 e. The second kappa shape index (κ2) is 4.08. The van der Waals surface area contributed by atoms with Crippen LogP contribution in [0.4, 0.5) is 0 Å². The Kier molecular flexibility index (Phi) is 3.33. The van der Waals surface area contributed by atoms with Gasteiger partial charge in [0.2, 0.25) is 0 Å². The van der Waals surface area contributed by atoms with Gasteiger partial charge < -0.3 is 0 Å². The molecule has 1 rings (SSSR count). The lowest BCUT2D eigenvalue weighted by Crippen LogP contribution is -1.95. The van der Waals surface area contributed by atoms with E-state index in [2.05, 4.69) is 54.9 Å². The van der Waals surface area contributed by atoms with Crippen LogP contribution in [0.1, 0.15) is 37.3 Å². The predicted octanol–water partition coefficient (Wildman–Crippen LogP) is 4.27. The van der Waals surface area contributed by atoms with E-state index in [0.717, 1.165) is 0 Å². The minimum atomic E-state index is 0.653. The van der Waals surface area contributed by atoms with Crippen LogP contribution in [-0.2, 0) is 0 Å². The molecule has 12 heavy (non-hydrogen) atoms. The summed E-state index contributed by atoms with van der Waals surface area (Å²) >= 11 is 3.59. The van der Waals surface area contributed by atoms with Gasteiger partial charge in [0.1, 0.15) is 0 Å². The van der Waals surface area contributed by atoms with Gasteiger partial charge in [-0.15, -0.1) is 0 Å². The van der Waals surface area contributed by atoms with Gasteiger partial charge in [-0.2, -0.15) is 0 Å². The number of aryl methyl sites for hydroxylation is 1. The normalized spacial score (nSPS) is 13.0. The average Bonchev–Trinajstić information content (AvgIpc) is 2.03. The van der Waals surface area contributed by atoms with Crippen molar-refractivity contribution in [2.45, 2.75) is 33.1 Å². The Morgan fingerprint density at radius 1 is 1.42 bits per heavy atom. The molecular formula is C11H15Br. The predicted molar refractivity (Wildman–Crippen MR) is 57.6 cm³/mol. The number of halogens is 1. The summed E-state index contributed by atoms with van der Waals surface area (Å²) in [6, 6.07) is 6.38. The molecule has 0 aliphatic carbocycles. The summed E-state index contributed by atoms with van der Waals surface area (Å²) in [5, 5.41) is 0. The lowest BCUT2D eigenvalue weighted by molar-refractivity contribution is 0.724. The van der Waals surface area contributed by atoms with Crippen LogP contribution in [-0.4, -0.2) is 0 Å². The molecule has 0 heterocycles. The molecule has 0 N–H and O–H groups in total. The van der Waals surface area contributed by atoms with Crippen molar-refractivity contribution in [2.75, 3.05) is 0 Å². The summed E-state index contributed by atoms with van der Waals surface area (Å²) < 4.78 is 1.25. The van der Waals surface area contributed by atoms with Gasteiger partial charge >= 0.3 is 0 Å². The SMILES string of the molecule is CCC(C)c1c(C)cccc1Br. The zero-order valence-corrected chi connectivity index (χ0v) is 9.48. The maximum atomic E-state index is 3.59. The molecule has 1 aromatic carbocycles. The van der Waals surface area contributed by atoms with E-state index in [-0.39, 0.29) is 0 Å². The molecule has 66 valence electrons. The first-order valence-corrected chi connectivity index (χ1v) is 5.21. The van der Waals surface area contributed by atoms with Crippen molar-refractivity contribution in [1.29, 1.82) is 0 Å². The average molecular weight is 227 g/mol. The highest BCUT2D eigenvalue weighted by atomic mass is 79.9. The molecule has 0 amide bonds. The van der Waals surface area contributed by atoms with Crippen LogP contribution in [0.15, 0.2) is 22.7 Å². The van der Waals surface area contributed by atoms with Gasteiger partial charge in [-0.3, -0.25) is 0 Å². The molecule has 0 fully saturated rings. The van der Waals surface area contributed by atoms with E-state index in [1.165, 1.54) is 22.0 Å². The molecule has 1 heteroatoms. The van der Waals surface area contributed by atoms with Gasteiger partial charge in [-0.05, 0) is 36.5 Å². The molecule has 1 unspecified atom stereocenters. The van der Waals surface area contributed by atoms with Crippen LogP contribution in [0.3, 0.4) is 0 Å². The monoisotopic (exact) mass is 226 g/mol. The first-order chi connectivity index (χ1) is 5.66. The smallest absolute Gasteiger partial charge is 0.0212 e. The first-order valence-electron chi connectivity index (χ1n) is 4.41. The highest BCUT2D eigenvalue weighted by molar-refractivity contribution is 9.10. The second-order valence-electron chi connectivity index (χ2n) is 3.28. The van der Waals surface area contributed by atoms with E-state index < -0.39 is 0 Å². The fraction of sp³-hybridized carbons (Fsp3) is 0.455. The summed E-state index contributed by atoms with van der Waals surface area (Å²) in [5.74, 6) is 0.653. The summed E-state index contributed by atoms with van der Waals surface area (Å²) in [5.41, 5.74) is 2.85. The van der Waals surface area contributed by atoms with Crippen LogP contribution < -0.4 is 0 Å². The molecule has 0 bridgehead atoms. The Labute approximate surface area is 83.1 Å². The van der Waals surface area contributed by atoms with Crippen molar-refractivity contribution < 1.29 is 0 Å². The Balaban J connectivity index is 3.12. The third-order valence-electron chi connectivity index (χ3n) is 2.38. The topological polar surface area (TPSA) is 0 Å². The van der Waals surface area contributed by atoms with Gasteiger partial charge in [0.25, 0.3) is 0 Å². The van der Waals surface area contributed by atoms with Crippen molar-refractivity contribution in [1.82, 2.24) is 0 Å². The lowest BCUT2D eigenvalue weighted by Gasteiger charge is -2.14. The Bertz CT molecular complexity index is 245. The van der Waals surface area contributed by atoms with Crippen LogP contribution in [0.2, 0.25) is 0 Å². The van der Waals surface area contributed by atoms with Gasteiger partial charge in [-0.1, -0.05) is 41.9 Å². The zero-order chi connectivity index (χ0) is 9.14. The second-order valence-corrected chi connectivity index (χ2v) is 4.13. The van der Waals surface area contributed by atoms with Gasteiger partial charge in [0.05, 0.1) is 0 Å². The minimum Gasteiger partial charge on any atom is -0.0648 e. The summed E-state index contributed by atoms with van der Waals surface area (Å²) in [6.07, 6.45) is 1.20. The molecule has 0 saturated heterocycles. The van der Waals surface area contributed by atoms with Crippen LogP contribution in [0.25, 0.3) is 0 Å². The summed E-state index contributed by atoms with van der Waals surface area (Å²) in [6.45, 7) is 6.67. The molecule has 0 saturated carbocycles. The third-order valence-corrected chi connectivity index (χ3v) is 3.07. The molecule has 0 aliphatic rings. The standard InChI is InChI=1S/C11H15Br/c1-4-8(2)11-9(3)6-5-7-10(11)12/h5-8H,4H2,1-3H3. The molecule has 1 atom stereocenters. The van der Waals surface area contributed by atoms with E-state index in [1.54, 1.807) is 0 Å². The zero-order valence-electron chi connectivity index (χ0n) is 7.89. The molecule has 1 aromatic rings. The van der Waals surface area contributed by atoms with Crippen LogP contribution in [0.5, 0.6) is 0 Å². The van der Waals surface area contributed by atoms with E-state index in [0.29, 0.717) is 5.92 Å². The third kappa shape index (κ3) is 1.89. The van der Waals surface area contributed by atoms with Crippen molar-refractivity contribution in [3.05, 3.63) is 33.8 Å². The fourth-order valence-electron chi connectivity index (χ4n) is 1.47. The Hall–Kier alpha value is -0.300. The molecule has 0 aromatic heterocycles. The quantitative estimate of drug-likeness (QED) is 0.707.